The molecule has 0 saturated carbocycles. The highest BCUT2D eigenvalue weighted by atomic mass is 19.1. The third-order valence-corrected chi connectivity index (χ3v) is 3.28. The molecule has 0 spiro atoms. The maximum atomic E-state index is 13.5. The number of halogens is 1. The Balaban J connectivity index is 1.87. The van der Waals surface area contributed by atoms with E-state index in [9.17, 15) is 4.39 Å². The quantitative estimate of drug-likeness (QED) is 0.814. The van der Waals surface area contributed by atoms with Crippen molar-refractivity contribution in [3.8, 4) is 5.75 Å². The number of nitrogens with one attached hydrogen (secondary N) is 1. The lowest BCUT2D eigenvalue weighted by Crippen LogP contribution is -2.17. The number of benzene rings is 2. The van der Waals surface area contributed by atoms with E-state index in [0.29, 0.717) is 6.42 Å². The average molecular weight is 273 g/mol. The largest absolute Gasteiger partial charge is 0.496 e. The highest BCUT2D eigenvalue weighted by Gasteiger charge is 2.04. The average Bonchev–Trinajstić information content (AvgIpc) is 2.45. The van der Waals surface area contributed by atoms with Crippen molar-refractivity contribution in [2.24, 2.45) is 0 Å². The van der Waals surface area contributed by atoms with Crippen molar-refractivity contribution in [1.29, 1.82) is 0 Å². The number of hydrogen-bond donors (Lipinski definition) is 1. The zero-order valence-electron chi connectivity index (χ0n) is 11.9. The summed E-state index contributed by atoms with van der Waals surface area (Å²) < 4.78 is 18.8. The van der Waals surface area contributed by atoms with Gasteiger partial charge in [-0.3, -0.25) is 0 Å². The van der Waals surface area contributed by atoms with Crippen LogP contribution in [-0.2, 0) is 13.0 Å². The van der Waals surface area contributed by atoms with Crippen molar-refractivity contribution in [2.75, 3.05) is 13.7 Å². The number of hydrogen-bond acceptors (Lipinski definition) is 2. The van der Waals surface area contributed by atoms with E-state index in [0.717, 1.165) is 30.0 Å². The second kappa shape index (κ2) is 7.06. The highest BCUT2D eigenvalue weighted by molar-refractivity contribution is 5.36. The summed E-state index contributed by atoms with van der Waals surface area (Å²) in [7, 11) is 1.67. The maximum Gasteiger partial charge on any atom is 0.126 e. The Morgan fingerprint density at radius 2 is 1.90 bits per heavy atom. The number of aryl methyl sites for hydroxylation is 1. The van der Waals surface area contributed by atoms with Crippen molar-refractivity contribution in [1.82, 2.24) is 5.32 Å². The van der Waals surface area contributed by atoms with Crippen LogP contribution in [0.4, 0.5) is 4.39 Å². The molecule has 0 aliphatic carbocycles. The Hall–Kier alpha value is -1.87. The SMILES string of the molecule is COc1ccc(C)cc1CNCCc1ccccc1F. The standard InChI is InChI=1S/C17H20FNO/c1-13-7-8-17(20-2)15(11-13)12-19-10-9-14-5-3-4-6-16(14)18/h3-8,11,19H,9-10,12H2,1-2H3. The zero-order chi connectivity index (χ0) is 14.4. The summed E-state index contributed by atoms with van der Waals surface area (Å²) in [4.78, 5) is 0. The Labute approximate surface area is 119 Å². The maximum absolute atomic E-state index is 13.5. The van der Waals surface area contributed by atoms with Crippen LogP contribution in [0.5, 0.6) is 5.75 Å². The van der Waals surface area contributed by atoms with E-state index in [1.807, 2.05) is 24.3 Å². The molecule has 0 bridgehead atoms. The third-order valence-electron chi connectivity index (χ3n) is 3.28. The summed E-state index contributed by atoms with van der Waals surface area (Å²) in [5, 5.41) is 3.33. The third kappa shape index (κ3) is 3.81. The molecule has 0 radical (unpaired) electrons. The van der Waals surface area contributed by atoms with Crippen molar-refractivity contribution in [2.45, 2.75) is 19.9 Å². The van der Waals surface area contributed by atoms with Gasteiger partial charge in [-0.1, -0.05) is 35.9 Å². The van der Waals surface area contributed by atoms with Gasteiger partial charge in [0.1, 0.15) is 11.6 Å². The monoisotopic (exact) mass is 273 g/mol. The van der Waals surface area contributed by atoms with Crippen molar-refractivity contribution in [3.63, 3.8) is 0 Å². The van der Waals surface area contributed by atoms with Gasteiger partial charge in [0.05, 0.1) is 7.11 Å². The first kappa shape index (κ1) is 14.5. The highest BCUT2D eigenvalue weighted by Crippen LogP contribution is 2.19. The van der Waals surface area contributed by atoms with E-state index in [2.05, 4.69) is 18.3 Å². The Bertz CT molecular complexity index is 569. The van der Waals surface area contributed by atoms with Crippen LogP contribution in [-0.4, -0.2) is 13.7 Å². The molecule has 2 rings (SSSR count). The minimum absolute atomic E-state index is 0.137. The molecule has 20 heavy (non-hydrogen) atoms. The van der Waals surface area contributed by atoms with E-state index in [1.54, 1.807) is 13.2 Å². The van der Waals surface area contributed by atoms with Crippen LogP contribution < -0.4 is 10.1 Å². The van der Waals surface area contributed by atoms with E-state index < -0.39 is 0 Å². The molecular formula is C17H20FNO. The van der Waals surface area contributed by atoms with Gasteiger partial charge in [-0.15, -0.1) is 0 Å². The molecule has 2 aromatic carbocycles. The minimum Gasteiger partial charge on any atom is -0.496 e. The molecule has 0 aliphatic heterocycles. The molecule has 2 aromatic rings. The van der Waals surface area contributed by atoms with E-state index in [1.165, 1.54) is 11.6 Å². The Morgan fingerprint density at radius 1 is 1.10 bits per heavy atom. The molecule has 0 saturated heterocycles. The van der Waals surface area contributed by atoms with Crippen molar-refractivity contribution < 1.29 is 9.13 Å². The molecule has 0 atom stereocenters. The van der Waals surface area contributed by atoms with Gasteiger partial charge in [-0.25, -0.2) is 4.39 Å². The van der Waals surface area contributed by atoms with Crippen LogP contribution in [0.15, 0.2) is 42.5 Å². The van der Waals surface area contributed by atoms with E-state index in [4.69, 9.17) is 4.74 Å². The summed E-state index contributed by atoms with van der Waals surface area (Å²) in [5.41, 5.74) is 3.08. The summed E-state index contributed by atoms with van der Waals surface area (Å²) in [5.74, 6) is 0.747. The fraction of sp³-hybridized carbons (Fsp3) is 0.294. The molecule has 0 unspecified atom stereocenters. The lowest BCUT2D eigenvalue weighted by Gasteiger charge is -2.11. The fourth-order valence-corrected chi connectivity index (χ4v) is 2.19. The van der Waals surface area contributed by atoms with Crippen LogP contribution in [0.2, 0.25) is 0 Å². The molecule has 0 heterocycles. The predicted octanol–water partition coefficient (Wildman–Crippen LogP) is 3.48. The summed E-state index contributed by atoms with van der Waals surface area (Å²) in [6, 6.07) is 13.0. The molecular weight excluding hydrogens is 253 g/mol. The van der Waals surface area contributed by atoms with Gasteiger partial charge < -0.3 is 10.1 Å². The van der Waals surface area contributed by atoms with Crippen LogP contribution in [0.25, 0.3) is 0 Å². The smallest absolute Gasteiger partial charge is 0.126 e. The van der Waals surface area contributed by atoms with Gasteiger partial charge in [-0.05, 0) is 37.6 Å². The molecule has 1 N–H and O–H groups in total. The summed E-state index contributed by atoms with van der Waals surface area (Å²) in [6.07, 6.45) is 0.681. The minimum atomic E-state index is -0.137. The molecule has 0 aliphatic rings. The second-order valence-electron chi connectivity index (χ2n) is 4.83. The summed E-state index contributed by atoms with van der Waals surface area (Å²) in [6.45, 7) is 3.51. The second-order valence-corrected chi connectivity index (χ2v) is 4.83. The van der Waals surface area contributed by atoms with Gasteiger partial charge in [0, 0.05) is 12.1 Å². The van der Waals surface area contributed by atoms with Crippen molar-refractivity contribution in [3.05, 3.63) is 65.0 Å². The van der Waals surface area contributed by atoms with E-state index in [-0.39, 0.29) is 5.82 Å². The normalized spacial score (nSPS) is 10.6. The summed E-state index contributed by atoms with van der Waals surface area (Å²) >= 11 is 0. The lowest BCUT2D eigenvalue weighted by atomic mass is 10.1. The first-order valence-electron chi connectivity index (χ1n) is 6.78. The first-order chi connectivity index (χ1) is 9.70. The van der Waals surface area contributed by atoms with Gasteiger partial charge in [-0.2, -0.15) is 0 Å². The zero-order valence-corrected chi connectivity index (χ0v) is 11.9. The van der Waals surface area contributed by atoms with Crippen LogP contribution in [0, 0.1) is 12.7 Å². The van der Waals surface area contributed by atoms with Gasteiger partial charge in [0.15, 0.2) is 0 Å². The topological polar surface area (TPSA) is 21.3 Å². The van der Waals surface area contributed by atoms with Crippen molar-refractivity contribution >= 4 is 0 Å². The van der Waals surface area contributed by atoms with Gasteiger partial charge in [0.25, 0.3) is 0 Å². The van der Waals surface area contributed by atoms with Gasteiger partial charge >= 0.3 is 0 Å². The molecule has 106 valence electrons. The molecule has 2 nitrogen and oxygen atoms in total. The van der Waals surface area contributed by atoms with Crippen LogP contribution in [0.3, 0.4) is 0 Å². The van der Waals surface area contributed by atoms with Gasteiger partial charge in [0.2, 0.25) is 0 Å². The molecule has 0 fully saturated rings. The Morgan fingerprint density at radius 3 is 2.65 bits per heavy atom. The van der Waals surface area contributed by atoms with Crippen LogP contribution in [0.1, 0.15) is 16.7 Å². The molecule has 0 amide bonds. The lowest BCUT2D eigenvalue weighted by molar-refractivity contribution is 0.407. The van der Waals surface area contributed by atoms with E-state index >= 15 is 0 Å². The fourth-order valence-electron chi connectivity index (χ4n) is 2.19. The first-order valence-corrected chi connectivity index (χ1v) is 6.78. The number of methoxy groups -OCH3 is 1. The molecule has 3 heteroatoms. The number of rotatable bonds is 6. The molecule has 0 aromatic heterocycles. The number of ether oxygens (including phenoxy) is 1. The predicted molar refractivity (Wildman–Crippen MR) is 79.5 cm³/mol. The van der Waals surface area contributed by atoms with Crippen LogP contribution >= 0.6 is 0 Å². The Kier molecular flexibility index (Phi) is 5.13.